The van der Waals surface area contributed by atoms with Crippen LogP contribution in [0.4, 0.5) is 11.9 Å². The van der Waals surface area contributed by atoms with Gasteiger partial charge in [0.1, 0.15) is 6.29 Å². The van der Waals surface area contributed by atoms with Crippen molar-refractivity contribution in [3.05, 3.63) is 5.82 Å². The van der Waals surface area contributed by atoms with Gasteiger partial charge in [-0.2, -0.15) is 15.0 Å². The first-order chi connectivity index (χ1) is 12.1. The van der Waals surface area contributed by atoms with Crippen molar-refractivity contribution in [2.45, 2.75) is 64.5 Å². The number of anilines is 2. The lowest BCUT2D eigenvalue weighted by Gasteiger charge is -2.16. The molecule has 0 radical (unpaired) electrons. The van der Waals surface area contributed by atoms with Crippen LogP contribution < -0.4 is 10.6 Å². The zero-order chi connectivity index (χ0) is 17.4. The minimum atomic E-state index is -0.462. The zero-order valence-electron chi connectivity index (χ0n) is 14.9. The smallest absolute Gasteiger partial charge is 0.228 e. The van der Waals surface area contributed by atoms with Gasteiger partial charge in [0, 0.05) is 12.1 Å². The molecule has 3 fully saturated rings. The van der Waals surface area contributed by atoms with Crippen molar-refractivity contribution >= 4 is 18.2 Å². The predicted octanol–water partition coefficient (Wildman–Crippen LogP) is 2.62. The Labute approximate surface area is 148 Å². The molecule has 2 N–H and O–H groups in total. The Morgan fingerprint density at radius 2 is 1.52 bits per heavy atom. The molecule has 0 spiro atoms. The molecular weight excluding hydrogens is 314 g/mol. The van der Waals surface area contributed by atoms with E-state index in [1.165, 1.54) is 25.7 Å². The summed E-state index contributed by atoms with van der Waals surface area (Å²) in [6, 6.07) is 0.698. The molecule has 1 aromatic heterocycles. The maximum absolute atomic E-state index is 11.1. The van der Waals surface area contributed by atoms with E-state index in [0.717, 1.165) is 19.1 Å². The average Bonchev–Trinajstić information content (AvgIpc) is 3.49. The Bertz CT molecular complexity index is 687. The Morgan fingerprint density at radius 3 is 1.92 bits per heavy atom. The summed E-state index contributed by atoms with van der Waals surface area (Å²) in [7, 11) is 0. The van der Waals surface area contributed by atoms with Gasteiger partial charge in [0.25, 0.3) is 0 Å². The summed E-state index contributed by atoms with van der Waals surface area (Å²) in [6.45, 7) is 4.33. The van der Waals surface area contributed by atoms with E-state index in [0.29, 0.717) is 41.6 Å². The lowest BCUT2D eigenvalue weighted by atomic mass is 10.1. The van der Waals surface area contributed by atoms with E-state index < -0.39 is 5.41 Å². The number of aromatic nitrogens is 3. The van der Waals surface area contributed by atoms with Gasteiger partial charge in [-0.1, -0.05) is 5.92 Å². The summed E-state index contributed by atoms with van der Waals surface area (Å²) in [5.74, 6) is 9.01. The van der Waals surface area contributed by atoms with Crippen molar-refractivity contribution in [3.63, 3.8) is 0 Å². The summed E-state index contributed by atoms with van der Waals surface area (Å²) in [4.78, 5) is 24.6. The molecule has 0 aromatic carbocycles. The van der Waals surface area contributed by atoms with Gasteiger partial charge in [-0.3, -0.25) is 0 Å². The molecule has 6 nitrogen and oxygen atoms in total. The second kappa shape index (κ2) is 6.29. The predicted molar refractivity (Wildman–Crippen MR) is 96.1 cm³/mol. The lowest BCUT2D eigenvalue weighted by Crippen LogP contribution is -2.23. The molecule has 0 amide bonds. The highest BCUT2D eigenvalue weighted by atomic mass is 16.1. The van der Waals surface area contributed by atoms with Gasteiger partial charge in [-0.05, 0) is 70.1 Å². The minimum absolute atomic E-state index is 0.349. The molecule has 6 heteroatoms. The third kappa shape index (κ3) is 4.09. The molecule has 3 saturated carbocycles. The number of rotatable bonds is 7. The van der Waals surface area contributed by atoms with Gasteiger partial charge in [0.2, 0.25) is 17.7 Å². The molecule has 1 heterocycles. The molecule has 1 aromatic rings. The van der Waals surface area contributed by atoms with E-state index in [1.807, 2.05) is 0 Å². The second-order valence-corrected chi connectivity index (χ2v) is 7.87. The largest absolute Gasteiger partial charge is 0.351 e. The molecule has 0 aliphatic heterocycles. The Kier molecular flexibility index (Phi) is 4.10. The zero-order valence-corrected chi connectivity index (χ0v) is 14.9. The van der Waals surface area contributed by atoms with E-state index in [9.17, 15) is 4.79 Å². The van der Waals surface area contributed by atoms with Crippen molar-refractivity contribution < 1.29 is 4.79 Å². The van der Waals surface area contributed by atoms with Crippen LogP contribution in [-0.4, -0.2) is 33.3 Å². The van der Waals surface area contributed by atoms with Gasteiger partial charge < -0.3 is 15.4 Å². The second-order valence-electron chi connectivity index (χ2n) is 7.87. The highest BCUT2D eigenvalue weighted by Gasteiger charge is 2.41. The third-order valence-corrected chi connectivity index (χ3v) is 5.44. The molecule has 0 unspecified atom stereocenters. The lowest BCUT2D eigenvalue weighted by molar-refractivity contribution is -0.110. The number of nitrogens with one attached hydrogen (secondary N) is 2. The average molecular weight is 339 g/mol. The van der Waals surface area contributed by atoms with Crippen molar-refractivity contribution in [2.75, 3.05) is 10.6 Å². The van der Waals surface area contributed by atoms with Crippen LogP contribution in [0.2, 0.25) is 0 Å². The third-order valence-electron chi connectivity index (χ3n) is 5.44. The molecule has 4 rings (SSSR count). The molecule has 2 atom stereocenters. The molecule has 132 valence electrons. The maximum Gasteiger partial charge on any atom is 0.228 e. The van der Waals surface area contributed by atoms with Gasteiger partial charge in [0.15, 0.2) is 0 Å². The molecule has 3 aliphatic carbocycles. The van der Waals surface area contributed by atoms with Crippen LogP contribution in [0.1, 0.15) is 58.2 Å². The molecule has 0 saturated heterocycles. The van der Waals surface area contributed by atoms with Crippen LogP contribution in [0.5, 0.6) is 0 Å². The summed E-state index contributed by atoms with van der Waals surface area (Å²) >= 11 is 0. The molecular formula is C19H25N5O. The molecule has 25 heavy (non-hydrogen) atoms. The standard InChI is InChI=1S/C19H25N5O/c1-12(14-3-4-14)20-17-22-16(7-8-19(11-25)9-10-19)23-18(24-17)21-13(2)15-5-6-15/h11-15H,3-6,9-10H2,1-2H3,(H2,20,21,22,23,24)/t12-,13-/m1/s1. The van der Waals surface area contributed by atoms with E-state index in [1.54, 1.807) is 0 Å². The summed E-state index contributed by atoms with van der Waals surface area (Å²) in [5.41, 5.74) is -0.462. The van der Waals surface area contributed by atoms with E-state index >= 15 is 0 Å². The van der Waals surface area contributed by atoms with Crippen molar-refractivity contribution in [1.29, 1.82) is 0 Å². The highest BCUT2D eigenvalue weighted by Crippen LogP contribution is 2.42. The van der Waals surface area contributed by atoms with Crippen LogP contribution in [0.15, 0.2) is 0 Å². The van der Waals surface area contributed by atoms with Gasteiger partial charge in [-0.25, -0.2) is 0 Å². The molecule has 3 aliphatic rings. The first-order valence-electron chi connectivity index (χ1n) is 9.35. The quantitative estimate of drug-likeness (QED) is 0.587. The van der Waals surface area contributed by atoms with Gasteiger partial charge in [0.05, 0.1) is 5.41 Å². The number of hydrogen-bond donors (Lipinski definition) is 2. The number of carbonyl (C=O) groups excluding carboxylic acids is 1. The van der Waals surface area contributed by atoms with Crippen LogP contribution in [0.25, 0.3) is 0 Å². The van der Waals surface area contributed by atoms with E-state index in [4.69, 9.17) is 0 Å². The summed E-state index contributed by atoms with van der Waals surface area (Å²) < 4.78 is 0. The van der Waals surface area contributed by atoms with E-state index in [2.05, 4.69) is 51.3 Å². The van der Waals surface area contributed by atoms with Crippen molar-refractivity contribution in [3.8, 4) is 11.8 Å². The topological polar surface area (TPSA) is 79.8 Å². The molecule has 0 bridgehead atoms. The Morgan fingerprint density at radius 1 is 1.00 bits per heavy atom. The van der Waals surface area contributed by atoms with Crippen LogP contribution >= 0.6 is 0 Å². The number of carbonyl (C=O) groups is 1. The number of nitrogens with zero attached hydrogens (tertiary/aromatic N) is 3. The fourth-order valence-electron chi connectivity index (χ4n) is 2.98. The first kappa shape index (κ1) is 16.3. The SMILES string of the molecule is C[C@@H](Nc1nc(C#CC2(C=O)CC2)nc(N[C@H](C)C2CC2)n1)C1CC1. The Balaban J connectivity index is 1.55. The normalized spacial score (nSPS) is 23.0. The fraction of sp³-hybridized carbons (Fsp3) is 0.684. The van der Waals surface area contributed by atoms with Crippen LogP contribution in [0, 0.1) is 29.1 Å². The van der Waals surface area contributed by atoms with Crippen molar-refractivity contribution in [2.24, 2.45) is 17.3 Å². The number of hydrogen-bond acceptors (Lipinski definition) is 6. The van der Waals surface area contributed by atoms with Crippen LogP contribution in [-0.2, 0) is 4.79 Å². The monoisotopic (exact) mass is 339 g/mol. The van der Waals surface area contributed by atoms with Gasteiger partial charge >= 0.3 is 0 Å². The maximum atomic E-state index is 11.1. The highest BCUT2D eigenvalue weighted by molar-refractivity contribution is 5.69. The van der Waals surface area contributed by atoms with Crippen LogP contribution in [0.3, 0.4) is 0 Å². The summed E-state index contributed by atoms with van der Waals surface area (Å²) in [5, 5.41) is 6.78. The fourth-order valence-corrected chi connectivity index (χ4v) is 2.98. The first-order valence-corrected chi connectivity index (χ1v) is 9.35. The Hall–Kier alpha value is -2.16. The van der Waals surface area contributed by atoms with E-state index in [-0.39, 0.29) is 0 Å². The van der Waals surface area contributed by atoms with Crippen molar-refractivity contribution in [1.82, 2.24) is 15.0 Å². The summed E-state index contributed by atoms with van der Waals surface area (Å²) in [6.07, 6.45) is 7.67. The number of aldehydes is 1. The van der Waals surface area contributed by atoms with Gasteiger partial charge in [-0.15, -0.1) is 0 Å². The minimum Gasteiger partial charge on any atom is -0.351 e.